The van der Waals surface area contributed by atoms with Gasteiger partial charge in [-0.25, -0.2) is 9.48 Å². The number of amides is 2. The third-order valence-corrected chi connectivity index (χ3v) is 7.62. The van der Waals surface area contributed by atoms with Crippen LogP contribution in [-0.4, -0.2) is 25.3 Å². The van der Waals surface area contributed by atoms with Gasteiger partial charge in [-0.1, -0.05) is 79.2 Å². The van der Waals surface area contributed by atoms with Crippen molar-refractivity contribution in [3.63, 3.8) is 0 Å². The molecule has 6 heteroatoms. The molecule has 0 bridgehead atoms. The number of benzene rings is 3. The first-order valence-electron chi connectivity index (χ1n) is 13.5. The summed E-state index contributed by atoms with van der Waals surface area (Å²) in [5, 5.41) is 8.14. The van der Waals surface area contributed by atoms with E-state index in [9.17, 15) is 4.79 Å². The second-order valence-electron chi connectivity index (χ2n) is 10.2. The molecule has 0 fully saturated rings. The minimum absolute atomic E-state index is 0.104. The standard InChI is InChI=1S/C33H33N5O/c1-4-25-16-18-27(19-17-25)31-30-11-8-20-36(30)32-29(24(3)35-38(32)28-9-6-5-7-10-28)22-37(31)33(39)34-21-26-14-12-23(2)13-15-26/h5-20,31H,4,21-22H2,1-3H3,(H,34,39). The van der Waals surface area contributed by atoms with Crippen LogP contribution in [0.15, 0.2) is 97.2 Å². The molecule has 0 saturated heterocycles. The van der Waals surface area contributed by atoms with Crippen LogP contribution < -0.4 is 5.32 Å². The van der Waals surface area contributed by atoms with Gasteiger partial charge in [0.15, 0.2) is 0 Å². The molecule has 196 valence electrons. The molecule has 2 aromatic heterocycles. The number of nitrogens with one attached hydrogen (secondary N) is 1. The normalized spacial score (nSPS) is 14.4. The van der Waals surface area contributed by atoms with Crippen molar-refractivity contribution in [1.29, 1.82) is 0 Å². The molecule has 1 atom stereocenters. The van der Waals surface area contributed by atoms with Crippen molar-refractivity contribution in [2.45, 2.75) is 46.3 Å². The third-order valence-electron chi connectivity index (χ3n) is 7.62. The van der Waals surface area contributed by atoms with Gasteiger partial charge in [0.1, 0.15) is 5.82 Å². The van der Waals surface area contributed by atoms with Crippen molar-refractivity contribution in [2.75, 3.05) is 0 Å². The van der Waals surface area contributed by atoms with Crippen LogP contribution >= 0.6 is 0 Å². The van der Waals surface area contributed by atoms with E-state index in [4.69, 9.17) is 5.10 Å². The van der Waals surface area contributed by atoms with Gasteiger partial charge in [-0.2, -0.15) is 5.10 Å². The Bertz CT molecular complexity index is 1600. The molecule has 1 aliphatic rings. The van der Waals surface area contributed by atoms with Gasteiger partial charge in [0.05, 0.1) is 29.7 Å². The van der Waals surface area contributed by atoms with E-state index in [0.717, 1.165) is 46.0 Å². The summed E-state index contributed by atoms with van der Waals surface area (Å²) in [6.07, 6.45) is 3.05. The second kappa shape index (κ2) is 10.3. The number of para-hydroxylation sites is 1. The van der Waals surface area contributed by atoms with Gasteiger partial charge in [0.25, 0.3) is 0 Å². The molecular weight excluding hydrogens is 482 g/mol. The Kier molecular flexibility index (Phi) is 6.53. The molecule has 39 heavy (non-hydrogen) atoms. The van der Waals surface area contributed by atoms with Crippen LogP contribution in [0.1, 0.15) is 52.2 Å². The maximum atomic E-state index is 14.0. The molecule has 0 aliphatic carbocycles. The number of hydrogen-bond acceptors (Lipinski definition) is 2. The summed E-state index contributed by atoms with van der Waals surface area (Å²) in [7, 11) is 0. The average Bonchev–Trinajstić information content (AvgIpc) is 3.53. The van der Waals surface area contributed by atoms with Gasteiger partial charge in [-0.3, -0.25) is 0 Å². The number of nitrogens with zero attached hydrogens (tertiary/aromatic N) is 4. The summed E-state index contributed by atoms with van der Waals surface area (Å²) in [5.41, 5.74) is 8.60. The molecule has 1 unspecified atom stereocenters. The van der Waals surface area contributed by atoms with E-state index in [1.54, 1.807) is 0 Å². The topological polar surface area (TPSA) is 55.1 Å². The quantitative estimate of drug-likeness (QED) is 0.285. The van der Waals surface area contributed by atoms with Crippen LogP contribution in [0.2, 0.25) is 0 Å². The molecule has 1 aliphatic heterocycles. The molecule has 5 aromatic rings. The minimum atomic E-state index is -0.264. The lowest BCUT2D eigenvalue weighted by atomic mass is 9.99. The molecule has 2 amide bonds. The highest BCUT2D eigenvalue weighted by Crippen LogP contribution is 2.38. The van der Waals surface area contributed by atoms with Gasteiger partial charge in [-0.15, -0.1) is 0 Å². The molecular formula is C33H33N5O. The van der Waals surface area contributed by atoms with Crippen LogP contribution in [0, 0.1) is 13.8 Å². The monoisotopic (exact) mass is 515 g/mol. The number of fused-ring (bicyclic) bond motifs is 3. The van der Waals surface area contributed by atoms with Crippen molar-refractivity contribution in [3.8, 4) is 11.5 Å². The predicted molar refractivity (Wildman–Crippen MR) is 154 cm³/mol. The summed E-state index contributed by atoms with van der Waals surface area (Å²) in [5.74, 6) is 0.975. The number of aromatic nitrogens is 3. The molecule has 6 nitrogen and oxygen atoms in total. The second-order valence-corrected chi connectivity index (χ2v) is 10.2. The van der Waals surface area contributed by atoms with E-state index < -0.39 is 0 Å². The van der Waals surface area contributed by atoms with Crippen LogP contribution in [0.4, 0.5) is 4.79 Å². The molecule has 0 spiro atoms. The average molecular weight is 516 g/mol. The fraction of sp³-hybridized carbons (Fsp3) is 0.212. The van der Waals surface area contributed by atoms with E-state index in [0.29, 0.717) is 13.1 Å². The highest BCUT2D eigenvalue weighted by atomic mass is 16.2. The Morgan fingerprint density at radius 2 is 1.62 bits per heavy atom. The number of hydrogen-bond donors (Lipinski definition) is 1. The number of carbonyl (C=O) groups is 1. The van der Waals surface area contributed by atoms with E-state index >= 15 is 0 Å². The molecule has 0 saturated carbocycles. The Balaban J connectivity index is 1.46. The maximum absolute atomic E-state index is 14.0. The summed E-state index contributed by atoms with van der Waals surface area (Å²) in [6, 6.07) is 30.9. The number of rotatable bonds is 5. The summed E-state index contributed by atoms with van der Waals surface area (Å²) >= 11 is 0. The minimum Gasteiger partial charge on any atom is -0.334 e. The zero-order valence-corrected chi connectivity index (χ0v) is 22.6. The zero-order chi connectivity index (χ0) is 26.9. The van der Waals surface area contributed by atoms with E-state index in [2.05, 4.69) is 103 Å². The van der Waals surface area contributed by atoms with Gasteiger partial charge in [-0.05, 0) is 61.2 Å². The van der Waals surface area contributed by atoms with Crippen molar-refractivity contribution in [2.24, 2.45) is 0 Å². The van der Waals surface area contributed by atoms with E-state index in [1.165, 1.54) is 11.1 Å². The highest BCUT2D eigenvalue weighted by Gasteiger charge is 2.35. The highest BCUT2D eigenvalue weighted by molar-refractivity contribution is 5.76. The Labute approximate surface area is 229 Å². The van der Waals surface area contributed by atoms with Gasteiger partial charge in [0.2, 0.25) is 0 Å². The Morgan fingerprint density at radius 3 is 2.33 bits per heavy atom. The van der Waals surface area contributed by atoms with Crippen molar-refractivity contribution in [1.82, 2.24) is 24.6 Å². The zero-order valence-electron chi connectivity index (χ0n) is 22.6. The first-order valence-corrected chi connectivity index (χ1v) is 13.5. The first kappa shape index (κ1) is 24.7. The van der Waals surface area contributed by atoms with Crippen LogP contribution in [0.25, 0.3) is 11.5 Å². The van der Waals surface area contributed by atoms with E-state index in [-0.39, 0.29) is 12.1 Å². The third kappa shape index (κ3) is 4.63. The Hall–Kier alpha value is -4.58. The lowest BCUT2D eigenvalue weighted by Crippen LogP contribution is -2.41. The SMILES string of the molecule is CCc1ccc(C2c3cccn3-c3c(c(C)nn3-c3ccccc3)CN2C(=O)NCc2ccc(C)cc2)cc1. The molecule has 0 radical (unpaired) electrons. The Morgan fingerprint density at radius 1 is 0.897 bits per heavy atom. The molecule has 1 N–H and O–H groups in total. The predicted octanol–water partition coefficient (Wildman–Crippen LogP) is 6.66. The van der Waals surface area contributed by atoms with Crippen molar-refractivity contribution >= 4 is 6.03 Å². The number of urea groups is 1. The first-order chi connectivity index (χ1) is 19.0. The largest absolute Gasteiger partial charge is 0.334 e. The molecule has 6 rings (SSSR count). The number of aryl methyl sites for hydroxylation is 3. The van der Waals surface area contributed by atoms with Crippen LogP contribution in [0.5, 0.6) is 0 Å². The summed E-state index contributed by atoms with van der Waals surface area (Å²) < 4.78 is 4.20. The van der Waals surface area contributed by atoms with Crippen molar-refractivity contribution in [3.05, 3.63) is 136 Å². The fourth-order valence-corrected chi connectivity index (χ4v) is 5.42. The maximum Gasteiger partial charge on any atom is 0.318 e. The molecule has 3 aromatic carbocycles. The lowest BCUT2D eigenvalue weighted by Gasteiger charge is -2.31. The van der Waals surface area contributed by atoms with Gasteiger partial charge < -0.3 is 14.8 Å². The van der Waals surface area contributed by atoms with Crippen LogP contribution in [-0.2, 0) is 19.5 Å². The smallest absolute Gasteiger partial charge is 0.318 e. The van der Waals surface area contributed by atoms with Crippen molar-refractivity contribution < 1.29 is 4.79 Å². The summed E-state index contributed by atoms with van der Waals surface area (Å²) in [6.45, 7) is 7.16. The fourth-order valence-electron chi connectivity index (χ4n) is 5.42. The van der Waals surface area contributed by atoms with E-state index in [1.807, 2.05) is 34.7 Å². The summed E-state index contributed by atoms with van der Waals surface area (Å²) in [4.78, 5) is 16.0. The van der Waals surface area contributed by atoms with Gasteiger partial charge in [0, 0.05) is 18.3 Å². The van der Waals surface area contributed by atoms with Gasteiger partial charge >= 0.3 is 6.03 Å². The lowest BCUT2D eigenvalue weighted by molar-refractivity contribution is 0.180. The number of carbonyl (C=O) groups excluding carboxylic acids is 1. The molecule has 3 heterocycles. The van der Waals surface area contributed by atoms with Crippen LogP contribution in [0.3, 0.4) is 0 Å².